The molecule has 0 N–H and O–H groups in total. The Morgan fingerprint density at radius 1 is 1.04 bits per heavy atom. The Morgan fingerprint density at radius 3 is 2.59 bits per heavy atom. The molecule has 7 nitrogen and oxygen atoms in total. The van der Waals surface area contributed by atoms with Crippen LogP contribution in [0, 0.1) is 0 Å². The molecule has 2 aromatic carbocycles. The molecule has 5 rings (SSSR count). The van der Waals surface area contributed by atoms with Crippen molar-refractivity contribution in [3.05, 3.63) is 40.7 Å². The van der Waals surface area contributed by atoms with Crippen LogP contribution in [0.3, 0.4) is 0 Å². The van der Waals surface area contributed by atoms with Gasteiger partial charge in [-0.2, -0.15) is 4.99 Å². The van der Waals surface area contributed by atoms with Crippen molar-refractivity contribution in [2.24, 2.45) is 4.99 Å². The molecule has 3 aromatic rings. The van der Waals surface area contributed by atoms with Crippen LogP contribution in [0.5, 0.6) is 23.0 Å². The Hall–Kier alpha value is -3.00. The second-order valence-corrected chi connectivity index (χ2v) is 7.09. The van der Waals surface area contributed by atoms with E-state index in [1.807, 2.05) is 23.6 Å². The van der Waals surface area contributed by atoms with Crippen LogP contribution in [0.4, 0.5) is 0 Å². The van der Waals surface area contributed by atoms with E-state index < -0.39 is 0 Å². The first-order valence-corrected chi connectivity index (χ1v) is 9.46. The molecule has 3 heterocycles. The summed E-state index contributed by atoms with van der Waals surface area (Å²) in [5, 5.41) is 0. The predicted molar refractivity (Wildman–Crippen MR) is 98.9 cm³/mol. The molecular formula is C19H16N2O5S. The second-order valence-electron chi connectivity index (χ2n) is 6.08. The van der Waals surface area contributed by atoms with E-state index in [1.54, 1.807) is 18.2 Å². The molecule has 27 heavy (non-hydrogen) atoms. The number of thiazole rings is 1. The molecule has 8 heteroatoms. The van der Waals surface area contributed by atoms with Crippen molar-refractivity contribution >= 4 is 27.5 Å². The first-order valence-electron chi connectivity index (χ1n) is 8.64. The van der Waals surface area contributed by atoms with Gasteiger partial charge in [0.05, 0.1) is 10.2 Å². The van der Waals surface area contributed by atoms with Crippen LogP contribution in [0.2, 0.25) is 0 Å². The largest absolute Gasteiger partial charge is 0.486 e. The van der Waals surface area contributed by atoms with E-state index in [0.29, 0.717) is 47.4 Å². The van der Waals surface area contributed by atoms with E-state index in [-0.39, 0.29) is 12.7 Å². The molecule has 2 aliphatic heterocycles. The Morgan fingerprint density at radius 2 is 1.78 bits per heavy atom. The molecule has 0 bridgehead atoms. The maximum atomic E-state index is 12.7. The van der Waals surface area contributed by atoms with E-state index in [9.17, 15) is 4.79 Å². The number of carbonyl (C=O) groups is 1. The number of aromatic nitrogens is 1. The van der Waals surface area contributed by atoms with Gasteiger partial charge in [-0.15, -0.1) is 0 Å². The standard InChI is InChI=1S/C19H16N2O5S/c1-2-21-12-8-15-16(26-10-25-15)9-17(12)27-19(21)20-18(22)11-3-4-13-14(7-11)24-6-5-23-13/h3-4,7-9H,2,5-6,10H2,1H3. The quantitative estimate of drug-likeness (QED) is 0.679. The highest BCUT2D eigenvalue weighted by Gasteiger charge is 2.18. The van der Waals surface area contributed by atoms with Gasteiger partial charge in [0, 0.05) is 24.2 Å². The lowest BCUT2D eigenvalue weighted by Gasteiger charge is -2.18. The molecule has 0 fully saturated rings. The van der Waals surface area contributed by atoms with Crippen LogP contribution >= 0.6 is 11.3 Å². The fourth-order valence-electron chi connectivity index (χ4n) is 3.18. The zero-order valence-electron chi connectivity index (χ0n) is 14.6. The molecule has 0 spiro atoms. The summed E-state index contributed by atoms with van der Waals surface area (Å²) in [6.07, 6.45) is 0. The third-order valence-electron chi connectivity index (χ3n) is 4.48. The molecule has 1 amide bonds. The average molecular weight is 384 g/mol. The first-order chi connectivity index (χ1) is 13.2. The number of aryl methyl sites for hydroxylation is 1. The topological polar surface area (TPSA) is 71.3 Å². The van der Waals surface area contributed by atoms with E-state index in [0.717, 1.165) is 16.0 Å². The van der Waals surface area contributed by atoms with Crippen molar-refractivity contribution < 1.29 is 23.7 Å². The van der Waals surface area contributed by atoms with Crippen molar-refractivity contribution in [1.29, 1.82) is 0 Å². The lowest BCUT2D eigenvalue weighted by atomic mass is 10.2. The SMILES string of the molecule is CCn1c(=NC(=O)c2ccc3c(c2)OCCO3)sc2cc3c(cc21)OCO3. The Labute approximate surface area is 158 Å². The number of fused-ring (bicyclic) bond motifs is 3. The predicted octanol–water partition coefficient (Wildman–Crippen LogP) is 2.96. The molecule has 0 aliphatic carbocycles. The zero-order valence-corrected chi connectivity index (χ0v) is 15.4. The van der Waals surface area contributed by atoms with Crippen LogP contribution in [0.15, 0.2) is 35.3 Å². The van der Waals surface area contributed by atoms with Crippen LogP contribution in [0.1, 0.15) is 17.3 Å². The molecular weight excluding hydrogens is 368 g/mol. The number of hydrogen-bond donors (Lipinski definition) is 0. The molecule has 0 atom stereocenters. The Kier molecular flexibility index (Phi) is 3.78. The minimum Gasteiger partial charge on any atom is -0.486 e. The number of carbonyl (C=O) groups excluding carboxylic acids is 1. The van der Waals surface area contributed by atoms with Crippen LogP contribution in [-0.4, -0.2) is 30.5 Å². The average Bonchev–Trinajstić information content (AvgIpc) is 3.28. The van der Waals surface area contributed by atoms with Gasteiger partial charge < -0.3 is 23.5 Å². The summed E-state index contributed by atoms with van der Waals surface area (Å²) < 4.78 is 25.0. The van der Waals surface area contributed by atoms with Gasteiger partial charge in [-0.05, 0) is 25.1 Å². The lowest BCUT2D eigenvalue weighted by Crippen LogP contribution is -2.17. The highest BCUT2D eigenvalue weighted by molar-refractivity contribution is 7.16. The summed E-state index contributed by atoms with van der Waals surface area (Å²) in [5.41, 5.74) is 1.44. The van der Waals surface area contributed by atoms with Crippen molar-refractivity contribution in [2.45, 2.75) is 13.5 Å². The maximum absolute atomic E-state index is 12.7. The van der Waals surface area contributed by atoms with Gasteiger partial charge in [0.15, 0.2) is 27.8 Å². The number of amides is 1. The number of rotatable bonds is 2. The fraction of sp³-hybridized carbons (Fsp3) is 0.263. The number of hydrogen-bond acceptors (Lipinski definition) is 6. The number of benzene rings is 2. The van der Waals surface area contributed by atoms with Gasteiger partial charge in [0.25, 0.3) is 5.91 Å². The summed E-state index contributed by atoms with van der Waals surface area (Å²) in [7, 11) is 0. The molecule has 0 saturated heterocycles. The molecule has 0 saturated carbocycles. The van der Waals surface area contributed by atoms with Crippen LogP contribution < -0.4 is 23.7 Å². The van der Waals surface area contributed by atoms with E-state index in [1.165, 1.54) is 11.3 Å². The Balaban J connectivity index is 1.58. The summed E-state index contributed by atoms with van der Waals surface area (Å²) >= 11 is 1.45. The zero-order chi connectivity index (χ0) is 18.4. The fourth-order valence-corrected chi connectivity index (χ4v) is 4.28. The summed E-state index contributed by atoms with van der Waals surface area (Å²) in [4.78, 5) is 17.7. The van der Waals surface area contributed by atoms with Crippen LogP contribution in [0.25, 0.3) is 10.2 Å². The van der Waals surface area contributed by atoms with Crippen molar-refractivity contribution in [2.75, 3.05) is 20.0 Å². The normalized spacial score (nSPS) is 15.4. The van der Waals surface area contributed by atoms with E-state index in [4.69, 9.17) is 18.9 Å². The first kappa shape index (κ1) is 16.2. The molecule has 138 valence electrons. The maximum Gasteiger partial charge on any atom is 0.279 e. The third kappa shape index (κ3) is 2.73. The van der Waals surface area contributed by atoms with Gasteiger partial charge in [-0.25, -0.2) is 0 Å². The van der Waals surface area contributed by atoms with Gasteiger partial charge >= 0.3 is 0 Å². The third-order valence-corrected chi connectivity index (χ3v) is 5.52. The van der Waals surface area contributed by atoms with Gasteiger partial charge in [-0.1, -0.05) is 11.3 Å². The summed E-state index contributed by atoms with van der Waals surface area (Å²) in [6, 6.07) is 9.00. The highest BCUT2D eigenvalue weighted by Crippen LogP contribution is 2.37. The summed E-state index contributed by atoms with van der Waals surface area (Å²) in [6.45, 7) is 3.93. The molecule has 0 unspecified atom stereocenters. The Bertz CT molecular complexity index is 1130. The van der Waals surface area contributed by atoms with Gasteiger partial charge in [-0.3, -0.25) is 4.79 Å². The highest BCUT2D eigenvalue weighted by atomic mass is 32.1. The van der Waals surface area contributed by atoms with Crippen LogP contribution in [-0.2, 0) is 6.54 Å². The van der Waals surface area contributed by atoms with Crippen molar-refractivity contribution in [1.82, 2.24) is 4.57 Å². The van der Waals surface area contributed by atoms with Crippen molar-refractivity contribution in [3.63, 3.8) is 0 Å². The van der Waals surface area contributed by atoms with E-state index in [2.05, 4.69) is 4.99 Å². The number of ether oxygens (including phenoxy) is 4. The monoisotopic (exact) mass is 384 g/mol. The lowest BCUT2D eigenvalue weighted by molar-refractivity contribution is 0.0996. The minimum absolute atomic E-state index is 0.235. The molecule has 1 aromatic heterocycles. The molecule has 0 radical (unpaired) electrons. The van der Waals surface area contributed by atoms with E-state index >= 15 is 0 Å². The molecule has 2 aliphatic rings. The van der Waals surface area contributed by atoms with Gasteiger partial charge in [0.2, 0.25) is 6.79 Å². The minimum atomic E-state index is -0.319. The van der Waals surface area contributed by atoms with Gasteiger partial charge in [0.1, 0.15) is 13.2 Å². The second kappa shape index (κ2) is 6.31. The van der Waals surface area contributed by atoms with Crippen molar-refractivity contribution in [3.8, 4) is 23.0 Å². The summed E-state index contributed by atoms with van der Waals surface area (Å²) in [5.74, 6) is 2.34. The smallest absolute Gasteiger partial charge is 0.279 e. The number of nitrogens with zero attached hydrogens (tertiary/aromatic N) is 2.